The van der Waals surface area contributed by atoms with Crippen molar-refractivity contribution in [2.24, 2.45) is 5.73 Å². The van der Waals surface area contributed by atoms with Gasteiger partial charge in [-0.15, -0.1) is 0 Å². The van der Waals surface area contributed by atoms with Gasteiger partial charge in [0.15, 0.2) is 0 Å². The molecule has 1 aromatic carbocycles. The molecule has 94 valence electrons. The summed E-state index contributed by atoms with van der Waals surface area (Å²) >= 11 is 4.89. The number of ether oxygens (including phenoxy) is 1. The number of rotatable bonds is 6. The van der Waals surface area contributed by atoms with Crippen molar-refractivity contribution in [3.8, 4) is 0 Å². The zero-order valence-electron chi connectivity index (χ0n) is 10.00. The quantitative estimate of drug-likeness (QED) is 0.767. The number of nitrogens with two attached hydrogens (primary N) is 1. The van der Waals surface area contributed by atoms with Crippen molar-refractivity contribution in [1.82, 2.24) is 0 Å². The molecule has 0 saturated carbocycles. The Hall–Kier alpha value is -1.20. The first-order chi connectivity index (χ1) is 8.04. The summed E-state index contributed by atoms with van der Waals surface area (Å²) in [5.41, 5.74) is 6.80. The van der Waals surface area contributed by atoms with E-state index in [0.717, 1.165) is 5.69 Å². The molecule has 0 aromatic heterocycles. The van der Waals surface area contributed by atoms with Crippen LogP contribution in [0.25, 0.3) is 0 Å². The second-order valence-corrected chi connectivity index (χ2v) is 4.20. The van der Waals surface area contributed by atoms with Crippen LogP contribution in [-0.4, -0.2) is 24.2 Å². The zero-order chi connectivity index (χ0) is 12.8. The molecule has 0 radical (unpaired) electrons. The highest BCUT2D eigenvalue weighted by Gasteiger charge is 2.09. The standard InChI is InChI=1S/C12H17FN2OS/c1-3-16-7-8(2)15-11-5-4-9(13)6-10(11)12(14)17/h4-6,8,15H,3,7H2,1-2H3,(H2,14,17). The summed E-state index contributed by atoms with van der Waals surface area (Å²) in [6.07, 6.45) is 0. The van der Waals surface area contributed by atoms with Crippen LogP contribution >= 0.6 is 12.2 Å². The minimum absolute atomic E-state index is 0.105. The molecule has 0 amide bonds. The van der Waals surface area contributed by atoms with E-state index in [1.54, 1.807) is 6.07 Å². The summed E-state index contributed by atoms with van der Waals surface area (Å²) in [5, 5.41) is 3.19. The van der Waals surface area contributed by atoms with Gasteiger partial charge in [-0.1, -0.05) is 12.2 Å². The van der Waals surface area contributed by atoms with E-state index in [2.05, 4.69) is 5.32 Å². The minimum atomic E-state index is -0.351. The lowest BCUT2D eigenvalue weighted by molar-refractivity contribution is 0.141. The number of hydrogen-bond acceptors (Lipinski definition) is 3. The number of halogens is 1. The maximum Gasteiger partial charge on any atom is 0.124 e. The molecule has 0 aliphatic rings. The first-order valence-electron chi connectivity index (χ1n) is 5.48. The Morgan fingerprint density at radius 1 is 1.59 bits per heavy atom. The third kappa shape index (κ3) is 4.28. The average Bonchev–Trinajstić information content (AvgIpc) is 2.28. The molecular formula is C12H17FN2OS. The molecule has 5 heteroatoms. The summed E-state index contributed by atoms with van der Waals surface area (Å²) in [6.45, 7) is 5.15. The number of hydrogen-bond donors (Lipinski definition) is 2. The Bertz CT molecular complexity index is 398. The third-order valence-electron chi connectivity index (χ3n) is 2.22. The Morgan fingerprint density at radius 3 is 2.88 bits per heavy atom. The molecule has 0 heterocycles. The van der Waals surface area contributed by atoms with E-state index in [4.69, 9.17) is 22.7 Å². The monoisotopic (exact) mass is 256 g/mol. The van der Waals surface area contributed by atoms with Gasteiger partial charge in [0.25, 0.3) is 0 Å². The van der Waals surface area contributed by atoms with Crippen molar-refractivity contribution in [2.45, 2.75) is 19.9 Å². The van der Waals surface area contributed by atoms with Crippen LogP contribution in [0.15, 0.2) is 18.2 Å². The van der Waals surface area contributed by atoms with Crippen LogP contribution in [-0.2, 0) is 4.74 Å². The van der Waals surface area contributed by atoms with Crippen LogP contribution in [0.2, 0.25) is 0 Å². The van der Waals surface area contributed by atoms with Gasteiger partial charge in [0.1, 0.15) is 10.8 Å². The van der Waals surface area contributed by atoms with Crippen LogP contribution in [0, 0.1) is 5.82 Å². The summed E-state index contributed by atoms with van der Waals surface area (Å²) < 4.78 is 18.4. The highest BCUT2D eigenvalue weighted by molar-refractivity contribution is 7.80. The highest BCUT2D eigenvalue weighted by Crippen LogP contribution is 2.18. The molecule has 0 aliphatic heterocycles. The molecule has 0 fully saturated rings. The number of benzene rings is 1. The van der Waals surface area contributed by atoms with E-state index in [0.29, 0.717) is 18.8 Å². The Morgan fingerprint density at radius 2 is 2.29 bits per heavy atom. The number of nitrogens with one attached hydrogen (secondary N) is 1. The van der Waals surface area contributed by atoms with E-state index in [-0.39, 0.29) is 16.8 Å². The molecule has 1 atom stereocenters. The second-order valence-electron chi connectivity index (χ2n) is 3.76. The van der Waals surface area contributed by atoms with Crippen LogP contribution in [0.3, 0.4) is 0 Å². The third-order valence-corrected chi connectivity index (χ3v) is 2.44. The van der Waals surface area contributed by atoms with E-state index in [1.165, 1.54) is 12.1 Å². The van der Waals surface area contributed by atoms with Gasteiger partial charge in [-0.3, -0.25) is 0 Å². The summed E-state index contributed by atoms with van der Waals surface area (Å²) in [6, 6.07) is 4.44. The first kappa shape index (κ1) is 13.9. The molecular weight excluding hydrogens is 239 g/mol. The maximum atomic E-state index is 13.1. The fourth-order valence-corrected chi connectivity index (χ4v) is 1.62. The number of thiocarbonyl (C=S) groups is 1. The lowest BCUT2D eigenvalue weighted by atomic mass is 10.1. The van der Waals surface area contributed by atoms with Crippen LogP contribution in [0.5, 0.6) is 0 Å². The highest BCUT2D eigenvalue weighted by atomic mass is 32.1. The fraction of sp³-hybridized carbons (Fsp3) is 0.417. The van der Waals surface area contributed by atoms with Crippen molar-refractivity contribution < 1.29 is 9.13 Å². The van der Waals surface area contributed by atoms with E-state index in [1.807, 2.05) is 13.8 Å². The minimum Gasteiger partial charge on any atom is -0.389 e. The number of anilines is 1. The predicted octanol–water partition coefficient (Wildman–Crippen LogP) is 2.30. The smallest absolute Gasteiger partial charge is 0.124 e. The van der Waals surface area contributed by atoms with Crippen molar-refractivity contribution in [2.75, 3.05) is 18.5 Å². The van der Waals surface area contributed by atoms with Crippen LogP contribution < -0.4 is 11.1 Å². The average molecular weight is 256 g/mol. The van der Waals surface area contributed by atoms with Crippen molar-refractivity contribution in [1.29, 1.82) is 0 Å². The molecule has 0 aliphatic carbocycles. The maximum absolute atomic E-state index is 13.1. The van der Waals surface area contributed by atoms with Crippen molar-refractivity contribution >= 4 is 22.9 Å². The van der Waals surface area contributed by atoms with E-state index in [9.17, 15) is 4.39 Å². The van der Waals surface area contributed by atoms with E-state index >= 15 is 0 Å². The normalized spacial score (nSPS) is 12.2. The molecule has 3 nitrogen and oxygen atoms in total. The molecule has 1 aromatic rings. The van der Waals surface area contributed by atoms with Gasteiger partial charge in [0, 0.05) is 23.9 Å². The lowest BCUT2D eigenvalue weighted by Gasteiger charge is -2.17. The Labute approximate surface area is 106 Å². The topological polar surface area (TPSA) is 47.3 Å². The van der Waals surface area contributed by atoms with Gasteiger partial charge in [0.2, 0.25) is 0 Å². The van der Waals surface area contributed by atoms with Gasteiger partial charge >= 0.3 is 0 Å². The lowest BCUT2D eigenvalue weighted by Crippen LogP contribution is -2.24. The van der Waals surface area contributed by atoms with Crippen molar-refractivity contribution in [3.63, 3.8) is 0 Å². The van der Waals surface area contributed by atoms with Gasteiger partial charge < -0.3 is 15.8 Å². The molecule has 0 bridgehead atoms. The van der Waals surface area contributed by atoms with E-state index < -0.39 is 0 Å². The van der Waals surface area contributed by atoms with Gasteiger partial charge in [-0.05, 0) is 32.0 Å². The van der Waals surface area contributed by atoms with Crippen LogP contribution in [0.4, 0.5) is 10.1 Å². The van der Waals surface area contributed by atoms with Gasteiger partial charge in [-0.25, -0.2) is 4.39 Å². The Kier molecular flexibility index (Phi) is 5.31. The summed E-state index contributed by atoms with van der Waals surface area (Å²) in [5.74, 6) is -0.351. The van der Waals surface area contributed by atoms with Crippen molar-refractivity contribution in [3.05, 3.63) is 29.6 Å². The fourth-order valence-electron chi connectivity index (χ4n) is 1.45. The van der Waals surface area contributed by atoms with Crippen LogP contribution in [0.1, 0.15) is 19.4 Å². The second kappa shape index (κ2) is 6.51. The first-order valence-corrected chi connectivity index (χ1v) is 5.89. The van der Waals surface area contributed by atoms with Gasteiger partial charge in [-0.2, -0.15) is 0 Å². The molecule has 1 unspecified atom stereocenters. The molecule has 1 rings (SSSR count). The zero-order valence-corrected chi connectivity index (χ0v) is 10.8. The molecule has 3 N–H and O–H groups in total. The molecule has 0 spiro atoms. The largest absolute Gasteiger partial charge is 0.389 e. The van der Waals surface area contributed by atoms with Gasteiger partial charge in [0.05, 0.1) is 6.61 Å². The molecule has 0 saturated heterocycles. The summed E-state index contributed by atoms with van der Waals surface area (Å²) in [7, 11) is 0. The Balaban J connectivity index is 2.79. The predicted molar refractivity (Wildman–Crippen MR) is 71.9 cm³/mol. The SMILES string of the molecule is CCOCC(C)Nc1ccc(F)cc1C(N)=S. The summed E-state index contributed by atoms with van der Waals surface area (Å²) in [4.78, 5) is 0.176. The molecule has 17 heavy (non-hydrogen) atoms.